The zero-order valence-electron chi connectivity index (χ0n) is 10.8. The lowest BCUT2D eigenvalue weighted by atomic mass is 9.99. The molecule has 1 amide bonds. The third-order valence-electron chi connectivity index (χ3n) is 2.63. The topological polar surface area (TPSA) is 127 Å². The fraction of sp³-hybridized carbons (Fsp3) is 0.800. The highest BCUT2D eigenvalue weighted by Crippen LogP contribution is 2.06. The Kier molecular flexibility index (Phi) is 5.75. The number of nitrogens with one attached hydrogen (secondary N) is 1. The zero-order chi connectivity index (χ0) is 14.6. The van der Waals surface area contributed by atoms with Gasteiger partial charge in [-0.2, -0.15) is 0 Å². The number of carboxylic acids is 1. The van der Waals surface area contributed by atoms with Crippen molar-refractivity contribution < 1.29 is 23.1 Å². The third-order valence-corrected chi connectivity index (χ3v) is 3.61. The van der Waals surface area contributed by atoms with Crippen LogP contribution in [0.5, 0.6) is 0 Å². The van der Waals surface area contributed by atoms with E-state index >= 15 is 0 Å². The lowest BCUT2D eigenvalue weighted by molar-refractivity contribution is -0.142. The Hall–Kier alpha value is -1.15. The van der Waals surface area contributed by atoms with Crippen molar-refractivity contribution in [3.8, 4) is 0 Å². The summed E-state index contributed by atoms with van der Waals surface area (Å²) in [5, 5.41) is 11.2. The molecule has 2 unspecified atom stereocenters. The van der Waals surface area contributed by atoms with Gasteiger partial charge in [0.1, 0.15) is 15.9 Å². The predicted molar refractivity (Wildman–Crippen MR) is 66.8 cm³/mol. The van der Waals surface area contributed by atoms with Crippen molar-refractivity contribution in [3.05, 3.63) is 0 Å². The van der Waals surface area contributed by atoms with Crippen LogP contribution in [0.1, 0.15) is 26.7 Å². The van der Waals surface area contributed by atoms with Crippen molar-refractivity contribution >= 4 is 21.7 Å². The lowest BCUT2D eigenvalue weighted by Crippen LogP contribution is -2.55. The van der Waals surface area contributed by atoms with Crippen LogP contribution >= 0.6 is 0 Å². The number of carbonyl (C=O) groups excluding carboxylic acids is 1. The van der Waals surface area contributed by atoms with Gasteiger partial charge < -0.3 is 16.2 Å². The normalized spacial score (nSPS) is 16.7. The molecular formula is C10H20N2O5S. The third kappa shape index (κ3) is 5.97. The number of hydrogen-bond acceptors (Lipinski definition) is 5. The van der Waals surface area contributed by atoms with Gasteiger partial charge in [-0.3, -0.25) is 4.79 Å². The molecule has 8 heteroatoms. The number of carbonyl (C=O) groups is 2. The van der Waals surface area contributed by atoms with Crippen LogP contribution in [0, 0.1) is 0 Å². The SMILES string of the molecule is CCC(C)(N)C(=O)NC(CCS(C)(=O)=O)C(=O)O. The first-order valence-corrected chi connectivity index (χ1v) is 7.56. The second-order valence-corrected chi connectivity index (χ2v) is 6.81. The standard InChI is InChI=1S/C10H20N2O5S/c1-4-10(2,11)9(15)12-7(8(13)14)5-6-18(3,16)17/h7H,4-6,11H2,1-3H3,(H,12,15)(H,13,14). The van der Waals surface area contributed by atoms with E-state index in [0.29, 0.717) is 6.42 Å². The summed E-state index contributed by atoms with van der Waals surface area (Å²) in [6.07, 6.45) is 1.17. The summed E-state index contributed by atoms with van der Waals surface area (Å²) in [4.78, 5) is 22.6. The van der Waals surface area contributed by atoms with Crippen molar-refractivity contribution in [1.82, 2.24) is 5.32 Å². The van der Waals surface area contributed by atoms with Crippen molar-refractivity contribution in [2.75, 3.05) is 12.0 Å². The molecule has 0 aliphatic heterocycles. The van der Waals surface area contributed by atoms with Crippen LogP contribution in [-0.4, -0.2) is 49.0 Å². The van der Waals surface area contributed by atoms with Crippen LogP contribution in [0.2, 0.25) is 0 Å². The Bertz CT molecular complexity index is 416. The highest BCUT2D eigenvalue weighted by atomic mass is 32.2. The predicted octanol–water partition coefficient (Wildman–Crippen LogP) is -0.882. The molecule has 7 nitrogen and oxygen atoms in total. The van der Waals surface area contributed by atoms with E-state index in [1.54, 1.807) is 6.92 Å². The van der Waals surface area contributed by atoms with Gasteiger partial charge in [0.2, 0.25) is 5.91 Å². The highest BCUT2D eigenvalue weighted by molar-refractivity contribution is 7.90. The van der Waals surface area contributed by atoms with Gasteiger partial charge in [-0.1, -0.05) is 6.92 Å². The first-order valence-electron chi connectivity index (χ1n) is 5.50. The largest absolute Gasteiger partial charge is 0.480 e. The minimum absolute atomic E-state index is 0.181. The minimum atomic E-state index is -3.28. The van der Waals surface area contributed by atoms with E-state index < -0.39 is 33.3 Å². The summed E-state index contributed by atoms with van der Waals surface area (Å²) in [6.45, 7) is 3.18. The summed E-state index contributed by atoms with van der Waals surface area (Å²) >= 11 is 0. The number of hydrogen-bond donors (Lipinski definition) is 3. The Balaban J connectivity index is 4.66. The summed E-state index contributed by atoms with van der Waals surface area (Å²) in [5.74, 6) is -2.19. The maximum atomic E-state index is 11.7. The molecule has 18 heavy (non-hydrogen) atoms. The van der Waals surface area contributed by atoms with E-state index in [1.165, 1.54) is 6.92 Å². The molecule has 0 aliphatic carbocycles. The Morgan fingerprint density at radius 2 is 1.94 bits per heavy atom. The Morgan fingerprint density at radius 3 is 2.28 bits per heavy atom. The van der Waals surface area contributed by atoms with Crippen LogP contribution in [0.3, 0.4) is 0 Å². The van der Waals surface area contributed by atoms with Gasteiger partial charge in [-0.15, -0.1) is 0 Å². The second-order valence-electron chi connectivity index (χ2n) is 4.55. The number of rotatable bonds is 7. The van der Waals surface area contributed by atoms with E-state index in [-0.39, 0.29) is 12.2 Å². The van der Waals surface area contributed by atoms with Gasteiger partial charge >= 0.3 is 5.97 Å². The van der Waals surface area contributed by atoms with E-state index in [4.69, 9.17) is 10.8 Å². The molecule has 0 aromatic rings. The lowest BCUT2D eigenvalue weighted by Gasteiger charge is -2.24. The van der Waals surface area contributed by atoms with E-state index in [0.717, 1.165) is 6.26 Å². The number of aliphatic carboxylic acids is 1. The van der Waals surface area contributed by atoms with Crippen molar-refractivity contribution in [2.24, 2.45) is 5.73 Å². The monoisotopic (exact) mass is 280 g/mol. The molecule has 2 atom stereocenters. The maximum absolute atomic E-state index is 11.7. The molecule has 0 aromatic heterocycles. The summed E-state index contributed by atoms with van der Waals surface area (Å²) in [5.41, 5.74) is 4.50. The van der Waals surface area contributed by atoms with Crippen LogP contribution in [0.25, 0.3) is 0 Å². The van der Waals surface area contributed by atoms with Crippen molar-refractivity contribution in [3.63, 3.8) is 0 Å². The minimum Gasteiger partial charge on any atom is -0.480 e. The quantitative estimate of drug-likeness (QED) is 0.555. The average molecular weight is 280 g/mol. The summed E-state index contributed by atoms with van der Waals surface area (Å²) in [6, 6.07) is -1.25. The summed E-state index contributed by atoms with van der Waals surface area (Å²) in [7, 11) is -3.28. The van der Waals surface area contributed by atoms with Crippen molar-refractivity contribution in [1.29, 1.82) is 0 Å². The fourth-order valence-electron chi connectivity index (χ4n) is 1.07. The van der Waals surface area contributed by atoms with Gasteiger partial charge in [-0.05, 0) is 19.8 Å². The Labute approximate surface area is 107 Å². The molecule has 0 aromatic carbocycles. The Morgan fingerprint density at radius 1 is 1.44 bits per heavy atom. The van der Waals surface area contributed by atoms with Crippen LogP contribution in [-0.2, 0) is 19.4 Å². The molecule has 0 saturated carbocycles. The zero-order valence-corrected chi connectivity index (χ0v) is 11.6. The van der Waals surface area contributed by atoms with Crippen LogP contribution in [0.4, 0.5) is 0 Å². The van der Waals surface area contributed by atoms with Crippen LogP contribution < -0.4 is 11.1 Å². The molecule has 106 valence electrons. The molecule has 4 N–H and O–H groups in total. The maximum Gasteiger partial charge on any atom is 0.326 e. The molecule has 0 heterocycles. The van der Waals surface area contributed by atoms with Crippen LogP contribution in [0.15, 0.2) is 0 Å². The fourth-order valence-corrected chi connectivity index (χ4v) is 1.74. The number of amides is 1. The van der Waals surface area contributed by atoms with Gasteiger partial charge in [0.15, 0.2) is 0 Å². The first kappa shape index (κ1) is 16.9. The van der Waals surface area contributed by atoms with E-state index in [1.807, 2.05) is 0 Å². The van der Waals surface area contributed by atoms with Gasteiger partial charge in [0.25, 0.3) is 0 Å². The molecule has 0 radical (unpaired) electrons. The first-order chi connectivity index (χ1) is 7.99. The van der Waals surface area contributed by atoms with E-state index in [2.05, 4.69) is 5.32 Å². The molecule has 0 rings (SSSR count). The molecule has 0 saturated heterocycles. The van der Waals surface area contributed by atoms with Gasteiger partial charge in [0.05, 0.1) is 11.3 Å². The van der Waals surface area contributed by atoms with E-state index in [9.17, 15) is 18.0 Å². The molecule has 0 spiro atoms. The highest BCUT2D eigenvalue weighted by Gasteiger charge is 2.30. The summed E-state index contributed by atoms with van der Waals surface area (Å²) < 4.78 is 21.9. The molecule has 0 bridgehead atoms. The van der Waals surface area contributed by atoms with Gasteiger partial charge in [0, 0.05) is 6.26 Å². The second kappa shape index (κ2) is 6.14. The molecule has 0 fully saturated rings. The number of carboxylic acid groups (broad SMARTS) is 1. The average Bonchev–Trinajstić information content (AvgIpc) is 2.21. The van der Waals surface area contributed by atoms with Crippen molar-refractivity contribution in [2.45, 2.75) is 38.3 Å². The molecule has 0 aliphatic rings. The van der Waals surface area contributed by atoms with Gasteiger partial charge in [-0.25, -0.2) is 13.2 Å². The molecular weight excluding hydrogens is 260 g/mol. The smallest absolute Gasteiger partial charge is 0.326 e. The number of sulfone groups is 1. The number of nitrogens with two attached hydrogens (primary N) is 1.